The summed E-state index contributed by atoms with van der Waals surface area (Å²) in [5, 5.41) is 7.43. The Morgan fingerprint density at radius 1 is 1.00 bits per heavy atom. The maximum absolute atomic E-state index is 13.1. The second kappa shape index (κ2) is 12.0. The number of nitrogens with zero attached hydrogens (tertiary/aromatic N) is 2. The first-order chi connectivity index (χ1) is 16.4. The van der Waals surface area contributed by atoms with Gasteiger partial charge in [0.25, 0.3) is 11.8 Å². The minimum absolute atomic E-state index is 0.243. The number of amides is 2. The Bertz CT molecular complexity index is 1120. The number of thiazole rings is 1. The van der Waals surface area contributed by atoms with Crippen LogP contribution in [0.2, 0.25) is 0 Å². The summed E-state index contributed by atoms with van der Waals surface area (Å²) in [5.41, 5.74) is 1.45. The van der Waals surface area contributed by atoms with Gasteiger partial charge >= 0.3 is 0 Å². The van der Waals surface area contributed by atoms with Gasteiger partial charge in [-0.1, -0.05) is 30.3 Å². The van der Waals surface area contributed by atoms with Gasteiger partial charge in [0.15, 0.2) is 16.6 Å². The smallest absolute Gasteiger partial charge is 0.270 e. The van der Waals surface area contributed by atoms with Crippen molar-refractivity contribution in [2.24, 2.45) is 0 Å². The average molecular weight is 485 g/mol. The maximum Gasteiger partial charge on any atom is 0.270 e. The standard InChI is InChI=1S/C24H28N4O5S/c1-28(2)11-10-25-23(30)18-15-34-24(26-18)27-22(29)17-12-20(31-3)21(32-4)13-19(17)33-14-16-8-6-5-7-9-16/h5-9,12-13,15H,10-11,14H2,1-4H3,(H,25,30)(H,26,27,29). The normalized spacial score (nSPS) is 10.6. The van der Waals surface area contributed by atoms with Gasteiger partial charge in [0.05, 0.1) is 19.8 Å². The quantitative estimate of drug-likeness (QED) is 0.431. The highest BCUT2D eigenvalue weighted by molar-refractivity contribution is 7.14. The molecule has 0 unspecified atom stereocenters. The molecule has 34 heavy (non-hydrogen) atoms. The van der Waals surface area contributed by atoms with E-state index in [1.165, 1.54) is 14.2 Å². The van der Waals surface area contributed by atoms with Crippen LogP contribution in [0.5, 0.6) is 17.2 Å². The number of aromatic nitrogens is 1. The lowest BCUT2D eigenvalue weighted by molar-refractivity contribution is 0.0945. The van der Waals surface area contributed by atoms with E-state index in [0.717, 1.165) is 16.9 Å². The van der Waals surface area contributed by atoms with Crippen molar-refractivity contribution in [2.75, 3.05) is 46.7 Å². The highest BCUT2D eigenvalue weighted by atomic mass is 32.1. The molecule has 1 aromatic heterocycles. The number of likely N-dealkylation sites (N-methyl/N-ethyl adjacent to an activating group) is 1. The first kappa shape index (κ1) is 25.0. The molecule has 2 aromatic carbocycles. The molecule has 2 N–H and O–H groups in total. The predicted octanol–water partition coefficient (Wildman–Crippen LogP) is 3.28. The molecule has 0 saturated carbocycles. The van der Waals surface area contributed by atoms with Crippen LogP contribution in [0, 0.1) is 0 Å². The van der Waals surface area contributed by atoms with Gasteiger partial charge in [-0.15, -0.1) is 11.3 Å². The molecule has 0 fully saturated rings. The van der Waals surface area contributed by atoms with Crippen LogP contribution in [0.1, 0.15) is 26.4 Å². The SMILES string of the molecule is COc1cc(OCc2ccccc2)c(C(=O)Nc2nc(C(=O)NCCN(C)C)cs2)cc1OC. The predicted molar refractivity (Wildman–Crippen MR) is 131 cm³/mol. The Morgan fingerprint density at radius 2 is 1.71 bits per heavy atom. The van der Waals surface area contributed by atoms with E-state index in [4.69, 9.17) is 14.2 Å². The van der Waals surface area contributed by atoms with Gasteiger partial charge in [-0.05, 0) is 19.7 Å². The van der Waals surface area contributed by atoms with E-state index in [2.05, 4.69) is 15.6 Å². The van der Waals surface area contributed by atoms with Crippen molar-refractivity contribution in [3.05, 3.63) is 64.7 Å². The third kappa shape index (κ3) is 6.69. The number of methoxy groups -OCH3 is 2. The lowest BCUT2D eigenvalue weighted by Gasteiger charge is -2.15. The summed E-state index contributed by atoms with van der Waals surface area (Å²) in [5.74, 6) is 0.416. The number of carbonyl (C=O) groups excluding carboxylic acids is 2. The van der Waals surface area contributed by atoms with Crippen molar-refractivity contribution in [3.8, 4) is 17.2 Å². The molecule has 3 aromatic rings. The molecule has 0 aliphatic heterocycles. The Balaban J connectivity index is 1.76. The van der Waals surface area contributed by atoms with Gasteiger partial charge in [-0.3, -0.25) is 14.9 Å². The molecule has 0 aliphatic rings. The first-order valence-electron chi connectivity index (χ1n) is 10.5. The molecule has 0 spiro atoms. The molecule has 0 radical (unpaired) electrons. The van der Waals surface area contributed by atoms with Crippen LogP contribution in [0.15, 0.2) is 47.8 Å². The van der Waals surface area contributed by atoms with Gasteiger partial charge in [0.2, 0.25) is 0 Å². The summed E-state index contributed by atoms with van der Waals surface area (Å²) in [6.45, 7) is 1.48. The molecule has 0 bridgehead atoms. The summed E-state index contributed by atoms with van der Waals surface area (Å²) < 4.78 is 16.7. The third-order valence-corrected chi connectivity index (χ3v) is 5.53. The van der Waals surface area contributed by atoms with E-state index in [9.17, 15) is 9.59 Å². The number of rotatable bonds is 11. The van der Waals surface area contributed by atoms with Crippen molar-refractivity contribution in [1.29, 1.82) is 0 Å². The second-order valence-electron chi connectivity index (χ2n) is 7.53. The largest absolute Gasteiger partial charge is 0.493 e. The number of ether oxygens (including phenoxy) is 3. The van der Waals surface area contributed by atoms with E-state index in [0.29, 0.717) is 35.5 Å². The van der Waals surface area contributed by atoms with Crippen LogP contribution < -0.4 is 24.8 Å². The zero-order chi connectivity index (χ0) is 24.5. The Hall–Kier alpha value is -3.63. The van der Waals surface area contributed by atoms with Gasteiger partial charge < -0.3 is 24.4 Å². The fraction of sp³-hybridized carbons (Fsp3) is 0.292. The van der Waals surface area contributed by atoms with Crippen LogP contribution in [-0.2, 0) is 6.61 Å². The Morgan fingerprint density at radius 3 is 2.38 bits per heavy atom. The molecular weight excluding hydrogens is 456 g/mol. The van der Waals surface area contributed by atoms with Crippen molar-refractivity contribution in [1.82, 2.24) is 15.2 Å². The summed E-state index contributed by atoms with van der Waals surface area (Å²) in [6.07, 6.45) is 0. The number of hydrogen-bond acceptors (Lipinski definition) is 8. The van der Waals surface area contributed by atoms with Crippen molar-refractivity contribution in [2.45, 2.75) is 6.61 Å². The zero-order valence-electron chi connectivity index (χ0n) is 19.6. The topological polar surface area (TPSA) is 102 Å². The van der Waals surface area contributed by atoms with Crippen LogP contribution in [0.4, 0.5) is 5.13 Å². The van der Waals surface area contributed by atoms with Crippen molar-refractivity contribution < 1.29 is 23.8 Å². The van der Waals surface area contributed by atoms with Gasteiger partial charge in [0, 0.05) is 30.6 Å². The maximum atomic E-state index is 13.1. The fourth-order valence-corrected chi connectivity index (χ4v) is 3.66. The molecule has 9 nitrogen and oxygen atoms in total. The van der Waals surface area contributed by atoms with E-state index in [-0.39, 0.29) is 23.8 Å². The van der Waals surface area contributed by atoms with Gasteiger partial charge in [0.1, 0.15) is 18.1 Å². The first-order valence-corrected chi connectivity index (χ1v) is 11.4. The summed E-state index contributed by atoms with van der Waals surface area (Å²) in [7, 11) is 6.86. The minimum Gasteiger partial charge on any atom is -0.493 e. The number of hydrogen-bond donors (Lipinski definition) is 2. The highest BCUT2D eigenvalue weighted by Crippen LogP contribution is 2.35. The molecule has 10 heteroatoms. The lowest BCUT2D eigenvalue weighted by Crippen LogP contribution is -2.31. The molecular formula is C24H28N4O5S. The molecule has 3 rings (SSSR count). The Labute approximate surface area is 202 Å². The average Bonchev–Trinajstić information content (AvgIpc) is 3.31. The van der Waals surface area contributed by atoms with E-state index in [1.54, 1.807) is 17.5 Å². The molecule has 0 aliphatic carbocycles. The highest BCUT2D eigenvalue weighted by Gasteiger charge is 2.20. The summed E-state index contributed by atoms with van der Waals surface area (Å²) >= 11 is 1.16. The second-order valence-corrected chi connectivity index (χ2v) is 8.39. The Kier molecular flexibility index (Phi) is 8.83. The summed E-state index contributed by atoms with van der Waals surface area (Å²) in [6, 6.07) is 12.8. The molecule has 1 heterocycles. The van der Waals surface area contributed by atoms with Crippen LogP contribution in [0.25, 0.3) is 0 Å². The van der Waals surface area contributed by atoms with E-state index < -0.39 is 5.91 Å². The summed E-state index contributed by atoms with van der Waals surface area (Å²) in [4.78, 5) is 31.6. The fourth-order valence-electron chi connectivity index (χ4n) is 2.98. The van der Waals surface area contributed by atoms with Crippen LogP contribution in [0.3, 0.4) is 0 Å². The monoisotopic (exact) mass is 484 g/mol. The van der Waals surface area contributed by atoms with Crippen molar-refractivity contribution in [3.63, 3.8) is 0 Å². The molecule has 0 atom stereocenters. The van der Waals surface area contributed by atoms with Crippen LogP contribution >= 0.6 is 11.3 Å². The number of nitrogens with one attached hydrogen (secondary N) is 2. The van der Waals surface area contributed by atoms with E-state index in [1.807, 2.05) is 49.3 Å². The minimum atomic E-state index is -0.446. The van der Waals surface area contributed by atoms with Crippen molar-refractivity contribution >= 4 is 28.3 Å². The zero-order valence-corrected chi connectivity index (χ0v) is 20.4. The number of anilines is 1. The molecule has 180 valence electrons. The number of carbonyl (C=O) groups is 2. The third-order valence-electron chi connectivity index (χ3n) is 4.77. The van der Waals surface area contributed by atoms with Gasteiger partial charge in [-0.2, -0.15) is 0 Å². The van der Waals surface area contributed by atoms with Gasteiger partial charge in [-0.25, -0.2) is 4.98 Å². The molecule has 0 saturated heterocycles. The van der Waals surface area contributed by atoms with Crippen LogP contribution in [-0.4, -0.2) is 63.1 Å². The van der Waals surface area contributed by atoms with E-state index >= 15 is 0 Å². The molecule has 2 amide bonds. The number of benzene rings is 2. The lowest BCUT2D eigenvalue weighted by atomic mass is 10.1.